The summed E-state index contributed by atoms with van der Waals surface area (Å²) in [4.78, 5) is 23.1. The van der Waals surface area contributed by atoms with Crippen LogP contribution in [0.2, 0.25) is 0 Å². The minimum Gasteiger partial charge on any atom is -0.481 e. The Labute approximate surface area is 130 Å². The number of carboxylic acid groups (broad SMARTS) is 1. The van der Waals surface area contributed by atoms with Crippen LogP contribution in [0.25, 0.3) is 0 Å². The molecule has 6 nitrogen and oxygen atoms in total. The average Bonchev–Trinajstić information content (AvgIpc) is 2.87. The van der Waals surface area contributed by atoms with Gasteiger partial charge in [-0.1, -0.05) is 22.4 Å². The summed E-state index contributed by atoms with van der Waals surface area (Å²) in [5.74, 6) is -1.44. The molecule has 2 unspecified atom stereocenters. The van der Waals surface area contributed by atoms with E-state index in [1.54, 1.807) is 18.2 Å². The van der Waals surface area contributed by atoms with E-state index in [1.165, 1.54) is 0 Å². The molecule has 0 radical (unpaired) electrons. The van der Waals surface area contributed by atoms with Gasteiger partial charge in [0.1, 0.15) is 6.07 Å². The monoisotopic (exact) mass is 351 g/mol. The van der Waals surface area contributed by atoms with Crippen LogP contribution in [-0.4, -0.2) is 23.1 Å². The van der Waals surface area contributed by atoms with Crippen molar-refractivity contribution in [2.75, 3.05) is 5.32 Å². The van der Waals surface area contributed by atoms with E-state index in [4.69, 9.17) is 10.4 Å². The van der Waals surface area contributed by atoms with Crippen molar-refractivity contribution >= 4 is 33.6 Å². The number of nitriles is 1. The topological polar surface area (TPSA) is 102 Å². The molecule has 2 rings (SSSR count). The van der Waals surface area contributed by atoms with Gasteiger partial charge in [0.2, 0.25) is 0 Å². The first-order valence-electron chi connectivity index (χ1n) is 6.51. The molecule has 110 valence electrons. The Kier molecular flexibility index (Phi) is 4.81. The van der Waals surface area contributed by atoms with Crippen molar-refractivity contribution in [3.05, 3.63) is 28.2 Å². The van der Waals surface area contributed by atoms with Crippen LogP contribution >= 0.6 is 15.9 Å². The smallest absolute Gasteiger partial charge is 0.319 e. The zero-order valence-electron chi connectivity index (χ0n) is 11.1. The maximum Gasteiger partial charge on any atom is 0.319 e. The molecule has 2 amide bonds. The Hall–Kier alpha value is -2.07. The van der Waals surface area contributed by atoms with E-state index in [9.17, 15) is 9.59 Å². The van der Waals surface area contributed by atoms with E-state index in [0.29, 0.717) is 24.1 Å². The van der Waals surface area contributed by atoms with Crippen LogP contribution in [-0.2, 0) is 4.79 Å². The Bertz CT molecular complexity index is 612. The Morgan fingerprint density at radius 1 is 1.38 bits per heavy atom. The minimum atomic E-state index is -0.891. The lowest BCUT2D eigenvalue weighted by molar-refractivity contribution is -0.142. The van der Waals surface area contributed by atoms with Gasteiger partial charge < -0.3 is 15.7 Å². The molecule has 1 aromatic carbocycles. The fraction of sp³-hybridized carbons (Fsp3) is 0.357. The van der Waals surface area contributed by atoms with Crippen LogP contribution in [0.5, 0.6) is 0 Å². The molecule has 0 aliphatic heterocycles. The molecule has 1 aliphatic carbocycles. The number of hydrogen-bond donors (Lipinski definition) is 3. The van der Waals surface area contributed by atoms with Crippen LogP contribution < -0.4 is 10.6 Å². The third kappa shape index (κ3) is 3.73. The minimum absolute atomic E-state index is 0.342. The molecule has 0 bridgehead atoms. The number of carbonyl (C=O) groups excluding carboxylic acids is 1. The van der Waals surface area contributed by atoms with Gasteiger partial charge in [0.15, 0.2) is 0 Å². The Balaban J connectivity index is 2.04. The number of carbonyl (C=O) groups is 2. The fourth-order valence-corrected chi connectivity index (χ4v) is 2.83. The van der Waals surface area contributed by atoms with Gasteiger partial charge in [0.05, 0.1) is 17.2 Å². The summed E-state index contributed by atoms with van der Waals surface area (Å²) in [5.41, 5.74) is 0.726. The number of nitrogens with one attached hydrogen (secondary N) is 2. The molecule has 0 spiro atoms. The second-order valence-corrected chi connectivity index (χ2v) is 5.80. The molecule has 1 aliphatic rings. The number of amides is 2. The molecule has 21 heavy (non-hydrogen) atoms. The summed E-state index contributed by atoms with van der Waals surface area (Å²) in [7, 11) is 0. The van der Waals surface area contributed by atoms with E-state index in [0.717, 1.165) is 10.9 Å². The fourth-order valence-electron chi connectivity index (χ4n) is 2.47. The highest BCUT2D eigenvalue weighted by Gasteiger charge is 2.33. The third-order valence-electron chi connectivity index (χ3n) is 3.50. The van der Waals surface area contributed by atoms with Crippen molar-refractivity contribution in [3.63, 3.8) is 0 Å². The first-order chi connectivity index (χ1) is 10.0. The third-order valence-corrected chi connectivity index (χ3v) is 3.99. The van der Waals surface area contributed by atoms with E-state index in [2.05, 4.69) is 26.6 Å². The van der Waals surface area contributed by atoms with Crippen molar-refractivity contribution in [2.24, 2.45) is 5.92 Å². The highest BCUT2D eigenvalue weighted by molar-refractivity contribution is 9.10. The predicted molar refractivity (Wildman–Crippen MR) is 79.8 cm³/mol. The number of anilines is 1. The molecule has 0 heterocycles. The van der Waals surface area contributed by atoms with Crippen molar-refractivity contribution in [1.82, 2.24) is 5.32 Å². The molecular weight excluding hydrogens is 338 g/mol. The Morgan fingerprint density at radius 2 is 2.14 bits per heavy atom. The standard InChI is InChI=1S/C14H14BrN3O3/c15-9-5-4-8(7-16)12(6-9)18-14(21)17-11-3-1-2-10(11)13(19)20/h4-6,10-11H,1-3H2,(H,19,20)(H2,17,18,21). The van der Waals surface area contributed by atoms with Gasteiger partial charge in [-0.3, -0.25) is 4.79 Å². The first-order valence-corrected chi connectivity index (χ1v) is 7.30. The largest absolute Gasteiger partial charge is 0.481 e. The zero-order valence-corrected chi connectivity index (χ0v) is 12.7. The van der Waals surface area contributed by atoms with Gasteiger partial charge in [-0.2, -0.15) is 5.26 Å². The summed E-state index contributed by atoms with van der Waals surface area (Å²) in [6, 6.07) is 6.05. The number of halogens is 1. The first kappa shape index (κ1) is 15.3. The number of benzene rings is 1. The lowest BCUT2D eigenvalue weighted by Crippen LogP contribution is -2.42. The molecule has 3 N–H and O–H groups in total. The normalized spacial score (nSPS) is 20.6. The van der Waals surface area contributed by atoms with Gasteiger partial charge in [-0.05, 0) is 31.0 Å². The van der Waals surface area contributed by atoms with E-state index in [-0.39, 0.29) is 6.04 Å². The van der Waals surface area contributed by atoms with Crippen molar-refractivity contribution in [2.45, 2.75) is 25.3 Å². The average molecular weight is 352 g/mol. The number of aliphatic carboxylic acids is 1. The van der Waals surface area contributed by atoms with Gasteiger partial charge in [0.25, 0.3) is 0 Å². The molecule has 7 heteroatoms. The number of rotatable bonds is 3. The summed E-state index contributed by atoms with van der Waals surface area (Å²) in [6.45, 7) is 0. The number of nitrogens with zero attached hydrogens (tertiary/aromatic N) is 1. The van der Waals surface area contributed by atoms with Gasteiger partial charge in [-0.15, -0.1) is 0 Å². The SMILES string of the molecule is N#Cc1ccc(Br)cc1NC(=O)NC1CCCC1C(=O)O. The molecule has 1 saturated carbocycles. The van der Waals surface area contributed by atoms with Crippen molar-refractivity contribution in [1.29, 1.82) is 5.26 Å². The van der Waals surface area contributed by atoms with E-state index < -0.39 is 17.9 Å². The summed E-state index contributed by atoms with van der Waals surface area (Å²) >= 11 is 3.27. The van der Waals surface area contributed by atoms with Crippen LogP contribution in [0, 0.1) is 17.2 Å². The maximum absolute atomic E-state index is 12.0. The van der Waals surface area contributed by atoms with E-state index in [1.807, 2.05) is 6.07 Å². The quantitative estimate of drug-likeness (QED) is 0.778. The highest BCUT2D eigenvalue weighted by atomic mass is 79.9. The van der Waals surface area contributed by atoms with Gasteiger partial charge in [-0.25, -0.2) is 4.79 Å². The summed E-state index contributed by atoms with van der Waals surface area (Å²) in [5, 5.41) is 23.4. The van der Waals surface area contributed by atoms with Gasteiger partial charge >= 0.3 is 12.0 Å². The van der Waals surface area contributed by atoms with Crippen LogP contribution in [0.1, 0.15) is 24.8 Å². The number of hydrogen-bond acceptors (Lipinski definition) is 3. The molecule has 1 fully saturated rings. The van der Waals surface area contributed by atoms with Gasteiger partial charge in [0, 0.05) is 10.5 Å². The lowest BCUT2D eigenvalue weighted by Gasteiger charge is -2.18. The predicted octanol–water partition coefficient (Wildman–Crippen LogP) is 2.70. The van der Waals surface area contributed by atoms with Crippen molar-refractivity contribution < 1.29 is 14.7 Å². The second-order valence-electron chi connectivity index (χ2n) is 4.88. The molecule has 0 saturated heterocycles. The zero-order chi connectivity index (χ0) is 15.4. The maximum atomic E-state index is 12.0. The molecule has 0 aromatic heterocycles. The highest BCUT2D eigenvalue weighted by Crippen LogP contribution is 2.26. The summed E-state index contributed by atoms with van der Waals surface area (Å²) in [6.07, 6.45) is 2.00. The molecular formula is C14H14BrN3O3. The summed E-state index contributed by atoms with van der Waals surface area (Å²) < 4.78 is 0.737. The second kappa shape index (κ2) is 6.59. The van der Waals surface area contributed by atoms with Crippen molar-refractivity contribution in [3.8, 4) is 6.07 Å². The van der Waals surface area contributed by atoms with E-state index >= 15 is 0 Å². The Morgan fingerprint density at radius 3 is 2.81 bits per heavy atom. The van der Waals surface area contributed by atoms with Crippen LogP contribution in [0.15, 0.2) is 22.7 Å². The van der Waals surface area contributed by atoms with Crippen LogP contribution in [0.4, 0.5) is 10.5 Å². The molecule has 1 aromatic rings. The number of urea groups is 1. The lowest BCUT2D eigenvalue weighted by atomic mass is 10.0. The number of carboxylic acids is 1. The van der Waals surface area contributed by atoms with Crippen LogP contribution in [0.3, 0.4) is 0 Å². The molecule has 2 atom stereocenters.